The van der Waals surface area contributed by atoms with E-state index in [0.717, 1.165) is 36.3 Å². The number of thioether (sulfide) groups is 1. The van der Waals surface area contributed by atoms with Crippen LogP contribution in [0.1, 0.15) is 37.1 Å². The number of oxazole rings is 1. The van der Waals surface area contributed by atoms with Crippen LogP contribution in [0.4, 0.5) is 0 Å². The zero-order valence-electron chi connectivity index (χ0n) is 14.3. The van der Waals surface area contributed by atoms with Gasteiger partial charge in [-0.1, -0.05) is 31.0 Å². The molecule has 1 aromatic carbocycles. The Morgan fingerprint density at radius 1 is 1.24 bits per heavy atom. The molecular weight excluding hydrogens is 334 g/mol. The van der Waals surface area contributed by atoms with Crippen LogP contribution in [0.2, 0.25) is 0 Å². The van der Waals surface area contributed by atoms with Gasteiger partial charge in [0.05, 0.1) is 11.6 Å². The quantitative estimate of drug-likeness (QED) is 0.877. The smallest absolute Gasteiger partial charge is 0.226 e. The number of aryl methyl sites for hydroxylation is 1. The van der Waals surface area contributed by atoms with E-state index in [1.54, 1.807) is 11.8 Å². The summed E-state index contributed by atoms with van der Waals surface area (Å²) in [5, 5.41) is 6.68. The second-order valence-electron chi connectivity index (χ2n) is 6.75. The van der Waals surface area contributed by atoms with Crippen LogP contribution in [-0.2, 0) is 10.5 Å². The summed E-state index contributed by atoms with van der Waals surface area (Å²) in [4.78, 5) is 16.9. The maximum atomic E-state index is 12.3. The van der Waals surface area contributed by atoms with Crippen molar-refractivity contribution in [2.24, 2.45) is 5.92 Å². The highest BCUT2D eigenvalue weighted by Gasteiger charge is 2.37. The number of fused-ring (bicyclic) bond motifs is 1. The molecule has 25 heavy (non-hydrogen) atoms. The van der Waals surface area contributed by atoms with E-state index in [1.807, 2.05) is 37.3 Å². The van der Waals surface area contributed by atoms with Crippen molar-refractivity contribution in [3.63, 3.8) is 0 Å². The molecular formula is C19H23N3O2S. The summed E-state index contributed by atoms with van der Waals surface area (Å²) in [6.07, 6.45) is 4.47. The predicted molar refractivity (Wildman–Crippen MR) is 98.8 cm³/mol. The number of benzene rings is 1. The molecule has 2 heterocycles. The Morgan fingerprint density at radius 2 is 2.04 bits per heavy atom. The molecule has 1 aliphatic carbocycles. The van der Waals surface area contributed by atoms with E-state index >= 15 is 0 Å². The van der Waals surface area contributed by atoms with Gasteiger partial charge >= 0.3 is 0 Å². The largest absolute Gasteiger partial charge is 0.441 e. The Bertz CT molecular complexity index is 746. The highest BCUT2D eigenvalue weighted by Crippen LogP contribution is 2.30. The second-order valence-corrected chi connectivity index (χ2v) is 7.85. The van der Waals surface area contributed by atoms with E-state index in [9.17, 15) is 4.79 Å². The Morgan fingerprint density at radius 3 is 2.88 bits per heavy atom. The van der Waals surface area contributed by atoms with E-state index in [-0.39, 0.29) is 17.3 Å². The molecule has 2 aliphatic rings. The topological polar surface area (TPSA) is 67.2 Å². The molecule has 5 nitrogen and oxygen atoms in total. The van der Waals surface area contributed by atoms with Crippen LogP contribution in [0.25, 0.3) is 11.5 Å². The van der Waals surface area contributed by atoms with E-state index < -0.39 is 0 Å². The first-order valence-electron chi connectivity index (χ1n) is 8.90. The molecule has 0 bridgehead atoms. The van der Waals surface area contributed by atoms with Gasteiger partial charge in [0.2, 0.25) is 11.8 Å². The average Bonchev–Trinajstić information content (AvgIpc) is 3.02. The number of rotatable bonds is 4. The number of hydrogen-bond donors (Lipinski definition) is 2. The third-order valence-electron chi connectivity index (χ3n) is 5.04. The molecule has 2 N–H and O–H groups in total. The summed E-state index contributed by atoms with van der Waals surface area (Å²) in [5.41, 5.74) is 1.87. The van der Waals surface area contributed by atoms with Crippen molar-refractivity contribution in [3.05, 3.63) is 41.8 Å². The third kappa shape index (κ3) is 3.60. The van der Waals surface area contributed by atoms with Crippen LogP contribution in [0, 0.1) is 12.8 Å². The molecule has 2 aromatic rings. The minimum atomic E-state index is -0.0527. The van der Waals surface area contributed by atoms with Crippen molar-refractivity contribution in [2.75, 3.05) is 0 Å². The van der Waals surface area contributed by atoms with Crippen molar-refractivity contribution in [1.29, 1.82) is 0 Å². The minimum absolute atomic E-state index is 0.0527. The Hall–Kier alpha value is -1.79. The van der Waals surface area contributed by atoms with E-state index in [2.05, 4.69) is 15.6 Å². The summed E-state index contributed by atoms with van der Waals surface area (Å²) in [6, 6.07) is 10.2. The normalized spacial score (nSPS) is 26.1. The number of nitrogens with zero attached hydrogens (tertiary/aromatic N) is 1. The summed E-state index contributed by atoms with van der Waals surface area (Å²) < 4.78 is 5.82. The average molecular weight is 357 g/mol. The van der Waals surface area contributed by atoms with Crippen LogP contribution >= 0.6 is 11.8 Å². The lowest BCUT2D eigenvalue weighted by atomic mass is 9.83. The van der Waals surface area contributed by atoms with Crippen LogP contribution in [0.5, 0.6) is 0 Å². The first-order valence-corrected chi connectivity index (χ1v) is 9.95. The summed E-state index contributed by atoms with van der Waals surface area (Å²) in [7, 11) is 0. The van der Waals surface area contributed by atoms with Crippen LogP contribution in [0.15, 0.2) is 34.7 Å². The van der Waals surface area contributed by atoms with E-state index in [4.69, 9.17) is 4.42 Å². The standard InChI is InChI=1S/C19H23N3O2S/c1-12-16(20-18(24-12)13-7-3-2-4-8-13)11-25-19-21-15-10-6-5-9-14(15)17(23)22-19/h2-4,7-8,14-15,19,21H,5-6,9-11H2,1H3,(H,22,23). The van der Waals surface area contributed by atoms with Crippen LogP contribution in [-0.4, -0.2) is 22.4 Å². The second kappa shape index (κ2) is 7.22. The van der Waals surface area contributed by atoms with Gasteiger partial charge in [0.15, 0.2) is 0 Å². The van der Waals surface area contributed by atoms with Crippen molar-refractivity contribution in [1.82, 2.24) is 15.6 Å². The van der Waals surface area contributed by atoms with Gasteiger partial charge in [-0.25, -0.2) is 4.98 Å². The SMILES string of the molecule is Cc1oc(-c2ccccc2)nc1CSC1NC(=O)C2CCCCC2N1. The monoisotopic (exact) mass is 357 g/mol. The lowest BCUT2D eigenvalue weighted by Gasteiger charge is -2.39. The van der Waals surface area contributed by atoms with Crippen molar-refractivity contribution >= 4 is 17.7 Å². The molecule has 2 fully saturated rings. The zero-order valence-corrected chi connectivity index (χ0v) is 15.1. The Labute approximate surface area is 152 Å². The number of carbonyl (C=O) groups excluding carboxylic acids is 1. The molecule has 1 aliphatic heterocycles. The number of amides is 1. The highest BCUT2D eigenvalue weighted by atomic mass is 32.2. The fourth-order valence-electron chi connectivity index (χ4n) is 3.63. The number of nitrogens with one attached hydrogen (secondary N) is 2. The lowest BCUT2D eigenvalue weighted by Crippen LogP contribution is -2.60. The molecule has 0 spiro atoms. The van der Waals surface area contributed by atoms with E-state index in [1.165, 1.54) is 6.42 Å². The molecule has 1 amide bonds. The molecule has 1 saturated heterocycles. The predicted octanol–water partition coefficient (Wildman–Crippen LogP) is 3.45. The lowest BCUT2D eigenvalue weighted by molar-refractivity contribution is -0.129. The first-order chi connectivity index (χ1) is 12.2. The maximum Gasteiger partial charge on any atom is 0.226 e. The molecule has 4 rings (SSSR count). The van der Waals surface area contributed by atoms with Gasteiger partial charge in [-0.05, 0) is 31.9 Å². The molecule has 3 unspecified atom stereocenters. The number of aromatic nitrogens is 1. The molecule has 3 atom stereocenters. The van der Waals surface area contributed by atoms with Crippen LogP contribution < -0.4 is 10.6 Å². The first kappa shape index (κ1) is 16.7. The van der Waals surface area contributed by atoms with Gasteiger partial charge in [0.25, 0.3) is 0 Å². The Kier molecular flexibility index (Phi) is 4.81. The molecule has 1 saturated carbocycles. The molecule has 132 valence electrons. The van der Waals surface area contributed by atoms with Crippen LogP contribution in [0.3, 0.4) is 0 Å². The fourth-order valence-corrected chi connectivity index (χ4v) is 4.70. The molecule has 0 radical (unpaired) electrons. The van der Waals surface area contributed by atoms with Crippen molar-refractivity contribution in [2.45, 2.75) is 49.9 Å². The van der Waals surface area contributed by atoms with Gasteiger partial charge < -0.3 is 9.73 Å². The van der Waals surface area contributed by atoms with Gasteiger partial charge in [-0.15, -0.1) is 11.8 Å². The summed E-state index contributed by atoms with van der Waals surface area (Å²) in [5.74, 6) is 2.54. The minimum Gasteiger partial charge on any atom is -0.441 e. The molecule has 1 aromatic heterocycles. The zero-order chi connectivity index (χ0) is 17.2. The highest BCUT2D eigenvalue weighted by molar-refractivity contribution is 7.99. The molecule has 6 heteroatoms. The summed E-state index contributed by atoms with van der Waals surface area (Å²) in [6.45, 7) is 1.94. The van der Waals surface area contributed by atoms with Gasteiger partial charge in [0.1, 0.15) is 11.3 Å². The van der Waals surface area contributed by atoms with E-state index in [0.29, 0.717) is 17.7 Å². The summed E-state index contributed by atoms with van der Waals surface area (Å²) >= 11 is 1.67. The van der Waals surface area contributed by atoms with Crippen molar-refractivity contribution in [3.8, 4) is 11.5 Å². The van der Waals surface area contributed by atoms with Gasteiger partial charge in [0, 0.05) is 17.4 Å². The maximum absolute atomic E-state index is 12.3. The van der Waals surface area contributed by atoms with Crippen molar-refractivity contribution < 1.29 is 9.21 Å². The Balaban J connectivity index is 1.40. The third-order valence-corrected chi connectivity index (χ3v) is 6.07. The fraction of sp³-hybridized carbons (Fsp3) is 0.474. The number of carbonyl (C=O) groups is 1. The van der Waals surface area contributed by atoms with Gasteiger partial charge in [-0.3, -0.25) is 10.1 Å². The number of hydrogen-bond acceptors (Lipinski definition) is 5. The van der Waals surface area contributed by atoms with Gasteiger partial charge in [-0.2, -0.15) is 0 Å².